The average molecular weight is 269 g/mol. The maximum Gasteiger partial charge on any atom is 0.336 e. The lowest BCUT2D eigenvalue weighted by molar-refractivity contribution is 0.0694. The lowest BCUT2D eigenvalue weighted by Gasteiger charge is -2.21. The molecular formula is C17H17O3+. The highest BCUT2D eigenvalue weighted by molar-refractivity contribution is 5.90. The Morgan fingerprint density at radius 3 is 2.30 bits per heavy atom. The molecule has 2 aromatic carbocycles. The van der Waals surface area contributed by atoms with E-state index >= 15 is 0 Å². The number of aromatic carboxylic acids is 1. The Hall–Kier alpha value is -2.42. The van der Waals surface area contributed by atoms with E-state index in [9.17, 15) is 9.90 Å². The number of hydrogen-bond acceptors (Lipinski definition) is 2. The van der Waals surface area contributed by atoms with Crippen molar-refractivity contribution in [3.63, 3.8) is 0 Å². The molecular weight excluding hydrogens is 252 g/mol. The molecule has 3 heteroatoms. The van der Waals surface area contributed by atoms with Crippen LogP contribution in [0.5, 0.6) is 5.75 Å². The summed E-state index contributed by atoms with van der Waals surface area (Å²) in [4.78, 5) is 11.4. The van der Waals surface area contributed by atoms with Crippen LogP contribution < -0.4 is 4.74 Å². The van der Waals surface area contributed by atoms with Crippen molar-refractivity contribution >= 4 is 5.97 Å². The van der Waals surface area contributed by atoms with Crippen LogP contribution in [0.15, 0.2) is 48.5 Å². The largest absolute Gasteiger partial charge is 0.497 e. The van der Waals surface area contributed by atoms with E-state index in [-0.39, 0.29) is 5.56 Å². The molecule has 102 valence electrons. The summed E-state index contributed by atoms with van der Waals surface area (Å²) in [5.41, 5.74) is 1.27. The first-order valence-electron chi connectivity index (χ1n) is 6.29. The van der Waals surface area contributed by atoms with Gasteiger partial charge in [0.05, 0.1) is 19.6 Å². The Morgan fingerprint density at radius 1 is 1.15 bits per heavy atom. The number of rotatable bonds is 4. The van der Waals surface area contributed by atoms with E-state index in [4.69, 9.17) is 4.74 Å². The predicted octanol–water partition coefficient (Wildman–Crippen LogP) is 3.53. The summed E-state index contributed by atoms with van der Waals surface area (Å²) in [6.45, 7) is 6.12. The molecule has 3 nitrogen and oxygen atoms in total. The first kappa shape index (κ1) is 14.0. The van der Waals surface area contributed by atoms with Gasteiger partial charge in [-0.05, 0) is 25.1 Å². The number of carboxylic acid groups (broad SMARTS) is 1. The Bertz CT molecular complexity index is 612. The highest BCUT2D eigenvalue weighted by atomic mass is 16.5. The molecule has 0 amide bonds. The molecule has 1 atom stereocenters. The van der Waals surface area contributed by atoms with Gasteiger partial charge >= 0.3 is 5.97 Å². The van der Waals surface area contributed by atoms with Crippen LogP contribution in [0.1, 0.15) is 28.4 Å². The first-order valence-corrected chi connectivity index (χ1v) is 6.29. The fraction of sp³-hybridized carbons (Fsp3) is 0.176. The second-order valence-corrected chi connectivity index (χ2v) is 4.91. The minimum Gasteiger partial charge on any atom is -0.497 e. The van der Waals surface area contributed by atoms with Gasteiger partial charge in [-0.1, -0.05) is 30.3 Å². The summed E-state index contributed by atoms with van der Waals surface area (Å²) in [5, 5.41) is 9.31. The van der Waals surface area contributed by atoms with Crippen molar-refractivity contribution < 1.29 is 14.6 Å². The lowest BCUT2D eigenvalue weighted by Crippen LogP contribution is -2.22. The van der Waals surface area contributed by atoms with Gasteiger partial charge in [0, 0.05) is 11.1 Å². The Labute approximate surface area is 118 Å². The van der Waals surface area contributed by atoms with Gasteiger partial charge in [-0.25, -0.2) is 4.79 Å². The molecule has 1 N–H and O–H groups in total. The zero-order chi connectivity index (χ0) is 14.8. The van der Waals surface area contributed by atoms with E-state index in [1.54, 1.807) is 25.3 Å². The minimum absolute atomic E-state index is 0.279. The van der Waals surface area contributed by atoms with Crippen LogP contribution in [0, 0.1) is 6.92 Å². The zero-order valence-corrected chi connectivity index (χ0v) is 11.6. The van der Waals surface area contributed by atoms with Crippen LogP contribution in [0.4, 0.5) is 0 Å². The van der Waals surface area contributed by atoms with Gasteiger partial charge in [-0.2, -0.15) is 0 Å². The predicted molar refractivity (Wildman–Crippen MR) is 78.2 cm³/mol. The third-order valence-corrected chi connectivity index (χ3v) is 3.48. The SMILES string of the molecule is [CH2+]C(C)(c1ccc(OC)cc1)c1ccccc1C(=O)O. The number of benzene rings is 2. The van der Waals surface area contributed by atoms with Crippen molar-refractivity contribution in [3.05, 3.63) is 72.1 Å². The maximum atomic E-state index is 11.4. The molecule has 0 spiro atoms. The van der Waals surface area contributed by atoms with Crippen LogP contribution in [0.25, 0.3) is 0 Å². The van der Waals surface area contributed by atoms with Crippen molar-refractivity contribution in [2.75, 3.05) is 7.11 Å². The second kappa shape index (κ2) is 5.29. The van der Waals surface area contributed by atoms with Crippen molar-refractivity contribution in [3.8, 4) is 5.75 Å². The molecule has 0 saturated carbocycles. The van der Waals surface area contributed by atoms with Crippen LogP contribution >= 0.6 is 0 Å². The van der Waals surface area contributed by atoms with Crippen molar-refractivity contribution in [2.45, 2.75) is 12.3 Å². The summed E-state index contributed by atoms with van der Waals surface area (Å²) in [5.74, 6) is -0.181. The van der Waals surface area contributed by atoms with Gasteiger partial charge in [-0.15, -0.1) is 0 Å². The smallest absolute Gasteiger partial charge is 0.336 e. The van der Waals surface area contributed by atoms with Gasteiger partial charge in [0.25, 0.3) is 0 Å². The molecule has 0 radical (unpaired) electrons. The summed E-state index contributed by atoms with van der Waals surface area (Å²) in [6, 6.07) is 14.5. The first-order chi connectivity index (χ1) is 9.46. The van der Waals surface area contributed by atoms with Gasteiger partial charge < -0.3 is 9.84 Å². The highest BCUT2D eigenvalue weighted by Crippen LogP contribution is 2.34. The third kappa shape index (κ3) is 2.48. The monoisotopic (exact) mass is 269 g/mol. The molecule has 0 fully saturated rings. The number of hydrogen-bond donors (Lipinski definition) is 1. The number of carbonyl (C=O) groups is 1. The Kier molecular flexibility index (Phi) is 3.70. The molecule has 0 heterocycles. The summed E-state index contributed by atoms with van der Waals surface area (Å²) < 4.78 is 5.13. The summed E-state index contributed by atoms with van der Waals surface area (Å²) in [7, 11) is 1.61. The van der Waals surface area contributed by atoms with Gasteiger partial charge in [-0.3, -0.25) is 0 Å². The number of methoxy groups -OCH3 is 1. The molecule has 0 aliphatic rings. The lowest BCUT2D eigenvalue weighted by atomic mass is 9.76. The van der Waals surface area contributed by atoms with E-state index in [1.807, 2.05) is 37.3 Å². The minimum atomic E-state index is -0.941. The second-order valence-electron chi connectivity index (χ2n) is 4.91. The molecule has 0 aliphatic heterocycles. The standard InChI is InChI=1S/C17H16O3/c1-17(2,12-8-10-13(20-3)11-9-12)15-7-5-4-6-14(15)16(18)19/h4-11H,1H2,2-3H3/p+1. The quantitative estimate of drug-likeness (QED) is 0.864. The van der Waals surface area contributed by atoms with E-state index in [0.717, 1.165) is 11.3 Å². The van der Waals surface area contributed by atoms with E-state index < -0.39 is 11.4 Å². The topological polar surface area (TPSA) is 46.5 Å². The fourth-order valence-electron chi connectivity index (χ4n) is 2.27. The normalized spacial score (nSPS) is 13.5. The highest BCUT2D eigenvalue weighted by Gasteiger charge is 2.34. The molecule has 0 saturated heterocycles. The van der Waals surface area contributed by atoms with Crippen LogP contribution in [-0.2, 0) is 5.41 Å². The zero-order valence-electron chi connectivity index (χ0n) is 11.6. The fourth-order valence-corrected chi connectivity index (χ4v) is 2.27. The Balaban J connectivity index is 2.51. The summed E-state index contributed by atoms with van der Waals surface area (Å²) in [6.07, 6.45) is 0. The number of carboxylic acids is 1. The summed E-state index contributed by atoms with van der Waals surface area (Å²) >= 11 is 0. The third-order valence-electron chi connectivity index (χ3n) is 3.48. The molecule has 0 aliphatic carbocycles. The van der Waals surface area contributed by atoms with Crippen molar-refractivity contribution in [1.82, 2.24) is 0 Å². The molecule has 2 rings (SSSR count). The number of ether oxygens (including phenoxy) is 1. The van der Waals surface area contributed by atoms with Gasteiger partial charge in [0.1, 0.15) is 5.75 Å². The van der Waals surface area contributed by atoms with E-state index in [1.165, 1.54) is 0 Å². The van der Waals surface area contributed by atoms with E-state index in [2.05, 4.69) is 6.92 Å². The van der Waals surface area contributed by atoms with Crippen LogP contribution in [0.3, 0.4) is 0 Å². The van der Waals surface area contributed by atoms with Crippen molar-refractivity contribution in [2.24, 2.45) is 0 Å². The van der Waals surface area contributed by atoms with Crippen LogP contribution in [0.2, 0.25) is 0 Å². The Morgan fingerprint density at radius 2 is 1.75 bits per heavy atom. The average Bonchev–Trinajstić information content (AvgIpc) is 2.47. The van der Waals surface area contributed by atoms with Crippen LogP contribution in [-0.4, -0.2) is 18.2 Å². The van der Waals surface area contributed by atoms with Crippen molar-refractivity contribution in [1.29, 1.82) is 0 Å². The molecule has 0 bridgehead atoms. The molecule has 0 aromatic heterocycles. The molecule has 1 unspecified atom stereocenters. The molecule has 2 aromatic rings. The van der Waals surface area contributed by atoms with E-state index in [0.29, 0.717) is 5.56 Å². The maximum absolute atomic E-state index is 11.4. The van der Waals surface area contributed by atoms with Gasteiger partial charge in [0.2, 0.25) is 0 Å². The van der Waals surface area contributed by atoms with Gasteiger partial charge in [0.15, 0.2) is 5.41 Å². The molecule has 20 heavy (non-hydrogen) atoms.